The molecule has 0 aliphatic carbocycles. The van der Waals surface area contributed by atoms with Gasteiger partial charge < -0.3 is 11.1 Å². The van der Waals surface area contributed by atoms with Gasteiger partial charge in [0.05, 0.1) is 28.7 Å². The summed E-state index contributed by atoms with van der Waals surface area (Å²) in [6.45, 7) is 3.09. The topological polar surface area (TPSA) is 134 Å². The maximum atomic E-state index is 14.5. The Balaban J connectivity index is 1.86. The van der Waals surface area contributed by atoms with Gasteiger partial charge in [0.25, 0.3) is 17.7 Å². The number of primary amides is 1. The Hall–Kier alpha value is -5.51. The van der Waals surface area contributed by atoms with E-state index in [1.165, 1.54) is 28.6 Å². The number of para-hydroxylation sites is 1. The van der Waals surface area contributed by atoms with Crippen molar-refractivity contribution in [1.29, 1.82) is 5.26 Å². The number of nitrogens with zero attached hydrogens (tertiary/aromatic N) is 4. The van der Waals surface area contributed by atoms with Gasteiger partial charge in [-0.3, -0.25) is 19.3 Å². The fraction of sp³-hybridized carbons (Fsp3) is 0.219. The van der Waals surface area contributed by atoms with E-state index < -0.39 is 58.2 Å². The van der Waals surface area contributed by atoms with Gasteiger partial charge in [-0.15, -0.1) is 0 Å². The van der Waals surface area contributed by atoms with E-state index in [4.69, 9.17) is 5.73 Å². The summed E-state index contributed by atoms with van der Waals surface area (Å²) < 4.78 is 56.1. The number of fused-ring (bicyclic) bond motifs is 1. The zero-order valence-electron chi connectivity index (χ0n) is 24.0. The van der Waals surface area contributed by atoms with Gasteiger partial charge in [0.2, 0.25) is 0 Å². The van der Waals surface area contributed by atoms with E-state index >= 15 is 0 Å². The van der Waals surface area contributed by atoms with Crippen LogP contribution in [0.2, 0.25) is 0 Å². The second kappa shape index (κ2) is 11.5. The van der Waals surface area contributed by atoms with Crippen LogP contribution in [0.15, 0.2) is 78.9 Å². The Kier molecular flexibility index (Phi) is 7.93. The smallest absolute Gasteiger partial charge is 0.364 e. The summed E-state index contributed by atoms with van der Waals surface area (Å²) in [5.41, 5.74) is 2.76. The monoisotopic (exact) mass is 618 g/mol. The summed E-state index contributed by atoms with van der Waals surface area (Å²) in [4.78, 5) is 42.5. The first kappa shape index (κ1) is 30.9. The first-order valence-electron chi connectivity index (χ1n) is 13.8. The molecule has 0 saturated heterocycles. The highest BCUT2D eigenvalue weighted by atomic mass is 19.4. The number of rotatable bonds is 7. The highest BCUT2D eigenvalue weighted by Crippen LogP contribution is 2.52. The molecule has 3 aromatic carbocycles. The van der Waals surface area contributed by atoms with Gasteiger partial charge in [-0.1, -0.05) is 36.4 Å². The Bertz CT molecular complexity index is 1830. The van der Waals surface area contributed by atoms with Crippen molar-refractivity contribution in [3.05, 3.63) is 113 Å². The highest BCUT2D eigenvalue weighted by Gasteiger charge is 2.60. The Morgan fingerprint density at radius 2 is 1.76 bits per heavy atom. The molecule has 3 N–H and O–H groups in total. The van der Waals surface area contributed by atoms with Crippen molar-refractivity contribution in [3.8, 4) is 11.8 Å². The van der Waals surface area contributed by atoms with Crippen molar-refractivity contribution >= 4 is 23.5 Å². The molecular weight excluding hydrogens is 592 g/mol. The zero-order valence-corrected chi connectivity index (χ0v) is 24.0. The van der Waals surface area contributed by atoms with Gasteiger partial charge >= 0.3 is 6.18 Å². The number of nitriles is 1. The van der Waals surface area contributed by atoms with E-state index in [1.54, 1.807) is 37.3 Å². The molecule has 4 aromatic rings. The van der Waals surface area contributed by atoms with Crippen LogP contribution in [0.1, 0.15) is 51.4 Å². The third-order valence-electron chi connectivity index (χ3n) is 7.98. The minimum atomic E-state index is -4.75. The molecule has 1 aromatic heterocycles. The molecule has 0 fully saturated rings. The maximum absolute atomic E-state index is 14.5. The van der Waals surface area contributed by atoms with Gasteiger partial charge in [0.15, 0.2) is 5.69 Å². The molecular formula is C32H26F4N6O3. The molecule has 2 unspecified atom stereocenters. The minimum absolute atomic E-state index is 0.00107. The average molecular weight is 619 g/mol. The largest absolute Gasteiger partial charge is 0.416 e. The number of nitrogens with one attached hydrogen (secondary N) is 1. The molecule has 0 radical (unpaired) electrons. The van der Waals surface area contributed by atoms with Crippen LogP contribution in [0.3, 0.4) is 0 Å². The number of carbonyl (C=O) groups excluding carboxylic acids is 3. The summed E-state index contributed by atoms with van der Waals surface area (Å²) in [5, 5.41) is 17.5. The summed E-state index contributed by atoms with van der Waals surface area (Å²) >= 11 is 0. The summed E-state index contributed by atoms with van der Waals surface area (Å²) in [6.07, 6.45) is -4.75. The number of nitrogens with two attached hydrogens (primary N) is 1. The number of carbonyl (C=O) groups is 3. The highest BCUT2D eigenvalue weighted by molar-refractivity contribution is 6.08. The van der Waals surface area contributed by atoms with E-state index in [1.807, 2.05) is 0 Å². The number of alkyl halides is 3. The summed E-state index contributed by atoms with van der Waals surface area (Å²) in [5.74, 6) is -4.57. The number of hydrogen-bond acceptors (Lipinski definition) is 5. The molecule has 13 heteroatoms. The molecule has 230 valence electrons. The third kappa shape index (κ3) is 5.08. The second-order valence-corrected chi connectivity index (χ2v) is 10.5. The maximum Gasteiger partial charge on any atom is 0.416 e. The number of likely N-dealkylation sites (N-methyl/N-ethyl adjacent to an activating group) is 1. The lowest BCUT2D eigenvalue weighted by Gasteiger charge is -2.48. The third-order valence-corrected chi connectivity index (χ3v) is 7.98. The number of hydrogen-bond donors (Lipinski definition) is 2. The number of halogens is 4. The lowest BCUT2D eigenvalue weighted by molar-refractivity contribution is -0.137. The molecule has 0 saturated carbocycles. The zero-order chi connectivity index (χ0) is 32.7. The molecule has 3 atom stereocenters. The molecule has 5 rings (SSSR count). The molecule has 9 nitrogen and oxygen atoms in total. The predicted molar refractivity (Wildman–Crippen MR) is 155 cm³/mol. The van der Waals surface area contributed by atoms with Crippen LogP contribution in [-0.2, 0) is 16.4 Å². The lowest BCUT2D eigenvalue weighted by atomic mass is 9.60. The molecule has 0 spiro atoms. The fourth-order valence-electron chi connectivity index (χ4n) is 5.95. The van der Waals surface area contributed by atoms with E-state index in [0.717, 1.165) is 30.3 Å². The SMILES string of the molecule is CCN1C(=O)C(NC(=O)c2cccc(C(F)(F)F)c2)C(c2ccc(F)cc2)([C@H](C)C#N)c2c(C(N)=O)nn(-c3ccccc3)c21. The van der Waals surface area contributed by atoms with Gasteiger partial charge in [0.1, 0.15) is 17.7 Å². The first-order chi connectivity index (χ1) is 21.4. The number of benzene rings is 3. The number of amides is 3. The summed E-state index contributed by atoms with van der Waals surface area (Å²) in [7, 11) is 0. The standard InChI is InChI=1S/C32H26F4N6O3/c1-3-41-29-24(25(27(38)43)40-42(29)23-10-5-4-6-11-23)31(18(2)17-37,20-12-14-22(33)15-13-20)26(30(41)45)39-28(44)19-8-7-9-21(16-19)32(34,35)36/h4-16,18,26H,3H2,1-2H3,(H2,38,43)(H,39,44)/t18-,26?,31?/m1/s1. The van der Waals surface area contributed by atoms with Crippen molar-refractivity contribution in [2.75, 3.05) is 11.4 Å². The van der Waals surface area contributed by atoms with Crippen LogP contribution in [-0.4, -0.2) is 40.1 Å². The molecule has 2 heterocycles. The van der Waals surface area contributed by atoms with Crippen LogP contribution in [0.5, 0.6) is 0 Å². The molecule has 1 aliphatic rings. The van der Waals surface area contributed by atoms with Crippen LogP contribution in [0, 0.1) is 23.1 Å². The van der Waals surface area contributed by atoms with Crippen LogP contribution in [0.25, 0.3) is 5.69 Å². The quantitative estimate of drug-likeness (QED) is 0.289. The van der Waals surface area contributed by atoms with Crippen molar-refractivity contribution in [3.63, 3.8) is 0 Å². The minimum Gasteiger partial charge on any atom is -0.364 e. The molecule has 0 bridgehead atoms. The normalized spacial score (nSPS) is 18.6. The Labute approximate surface area is 254 Å². The predicted octanol–water partition coefficient (Wildman–Crippen LogP) is 4.74. The lowest BCUT2D eigenvalue weighted by Crippen LogP contribution is -2.65. The van der Waals surface area contributed by atoms with Gasteiger partial charge in [-0.25, -0.2) is 9.07 Å². The van der Waals surface area contributed by atoms with Crippen molar-refractivity contribution in [1.82, 2.24) is 15.1 Å². The Morgan fingerprint density at radius 1 is 1.09 bits per heavy atom. The Morgan fingerprint density at radius 3 is 2.33 bits per heavy atom. The van der Waals surface area contributed by atoms with E-state index in [2.05, 4.69) is 16.5 Å². The van der Waals surface area contributed by atoms with Crippen molar-refractivity contribution < 1.29 is 31.9 Å². The van der Waals surface area contributed by atoms with Crippen LogP contribution >= 0.6 is 0 Å². The van der Waals surface area contributed by atoms with E-state index in [-0.39, 0.29) is 29.2 Å². The molecule has 1 aliphatic heterocycles. The average Bonchev–Trinajstić information content (AvgIpc) is 3.43. The molecule has 3 amide bonds. The fourth-order valence-corrected chi connectivity index (χ4v) is 5.95. The van der Waals surface area contributed by atoms with Crippen molar-refractivity contribution in [2.45, 2.75) is 31.5 Å². The van der Waals surface area contributed by atoms with E-state index in [0.29, 0.717) is 11.8 Å². The van der Waals surface area contributed by atoms with Crippen LogP contribution in [0.4, 0.5) is 23.4 Å². The van der Waals surface area contributed by atoms with Crippen molar-refractivity contribution in [2.24, 2.45) is 11.7 Å². The number of anilines is 1. The first-order valence-corrected chi connectivity index (χ1v) is 13.8. The van der Waals surface area contributed by atoms with E-state index in [9.17, 15) is 37.2 Å². The van der Waals surface area contributed by atoms with Gasteiger partial charge in [-0.05, 0) is 61.9 Å². The number of aromatic nitrogens is 2. The van der Waals surface area contributed by atoms with Gasteiger partial charge in [-0.2, -0.15) is 23.5 Å². The van der Waals surface area contributed by atoms with Gasteiger partial charge in [0, 0.05) is 17.7 Å². The van der Waals surface area contributed by atoms with Crippen LogP contribution < -0.4 is 16.0 Å². The summed E-state index contributed by atoms with van der Waals surface area (Å²) in [6, 6.07) is 17.4. The second-order valence-electron chi connectivity index (χ2n) is 10.5. The molecule has 45 heavy (non-hydrogen) atoms.